The Morgan fingerprint density at radius 3 is 2.44 bits per heavy atom. The minimum absolute atomic E-state index is 0.0448. The molecule has 25 heavy (non-hydrogen) atoms. The largest absolute Gasteiger partial charge is 0.466 e. The van der Waals surface area contributed by atoms with E-state index < -0.39 is 0 Å². The molecule has 1 aliphatic rings. The third-order valence-corrected chi connectivity index (χ3v) is 5.31. The molecule has 0 N–H and O–H groups in total. The van der Waals surface area contributed by atoms with E-state index in [9.17, 15) is 4.79 Å². The summed E-state index contributed by atoms with van der Waals surface area (Å²) in [6.45, 7) is 13.1. The van der Waals surface area contributed by atoms with Gasteiger partial charge in [-0.05, 0) is 71.6 Å². The van der Waals surface area contributed by atoms with Gasteiger partial charge in [-0.1, -0.05) is 37.1 Å². The molecule has 0 amide bonds. The van der Waals surface area contributed by atoms with Gasteiger partial charge >= 0.3 is 5.97 Å². The zero-order valence-corrected chi connectivity index (χ0v) is 17.2. The molecule has 0 unspecified atom stereocenters. The number of carbonyl (C=O) groups is 1. The Morgan fingerprint density at radius 1 is 1.20 bits per heavy atom. The van der Waals surface area contributed by atoms with Gasteiger partial charge in [-0.15, -0.1) is 0 Å². The van der Waals surface area contributed by atoms with Crippen LogP contribution in [0.2, 0.25) is 0 Å². The van der Waals surface area contributed by atoms with E-state index in [4.69, 9.17) is 9.47 Å². The summed E-state index contributed by atoms with van der Waals surface area (Å²) < 4.78 is 11.2. The van der Waals surface area contributed by atoms with Crippen LogP contribution in [0.15, 0.2) is 23.3 Å². The number of esters is 1. The average Bonchev–Trinajstić information content (AvgIpc) is 2.92. The topological polar surface area (TPSA) is 35.5 Å². The summed E-state index contributed by atoms with van der Waals surface area (Å²) in [5.74, 6) is 0.364. The second-order valence-electron chi connectivity index (χ2n) is 7.97. The van der Waals surface area contributed by atoms with E-state index in [1.165, 1.54) is 30.9 Å². The van der Waals surface area contributed by atoms with Crippen LogP contribution in [0.5, 0.6) is 0 Å². The van der Waals surface area contributed by atoms with Crippen LogP contribution < -0.4 is 0 Å². The summed E-state index contributed by atoms with van der Waals surface area (Å²) in [5, 5.41) is 0. The molecule has 1 heterocycles. The first-order valence-electron chi connectivity index (χ1n) is 9.87. The lowest BCUT2D eigenvalue weighted by molar-refractivity contribution is -0.141. The highest BCUT2D eigenvalue weighted by Gasteiger charge is 2.40. The molecule has 0 aromatic rings. The summed E-state index contributed by atoms with van der Waals surface area (Å²) in [5.41, 5.74) is 2.88. The van der Waals surface area contributed by atoms with Crippen LogP contribution in [0.4, 0.5) is 0 Å². The molecule has 1 fully saturated rings. The lowest BCUT2D eigenvalue weighted by Crippen LogP contribution is -2.34. The van der Waals surface area contributed by atoms with E-state index in [0.717, 1.165) is 32.1 Å². The number of rotatable bonds is 10. The number of hydrogen-bond donors (Lipinski definition) is 0. The third-order valence-electron chi connectivity index (χ3n) is 5.31. The predicted molar refractivity (Wildman–Crippen MR) is 105 cm³/mol. The fraction of sp³-hybridized carbons (Fsp3) is 0.773. The second-order valence-corrected chi connectivity index (χ2v) is 7.97. The van der Waals surface area contributed by atoms with Crippen molar-refractivity contribution in [2.24, 2.45) is 5.92 Å². The monoisotopic (exact) mass is 350 g/mol. The number of ether oxygens (including phenoxy) is 2. The van der Waals surface area contributed by atoms with Crippen molar-refractivity contribution in [3.8, 4) is 0 Å². The molecule has 3 heteroatoms. The normalized spacial score (nSPS) is 24.8. The molecule has 3 nitrogen and oxygen atoms in total. The van der Waals surface area contributed by atoms with Gasteiger partial charge in [0.25, 0.3) is 0 Å². The van der Waals surface area contributed by atoms with E-state index in [1.54, 1.807) is 0 Å². The maximum Gasteiger partial charge on any atom is 0.302 e. The summed E-state index contributed by atoms with van der Waals surface area (Å²) in [7, 11) is 0. The average molecular weight is 351 g/mol. The lowest BCUT2D eigenvalue weighted by Gasteiger charge is -2.32. The van der Waals surface area contributed by atoms with Crippen molar-refractivity contribution < 1.29 is 14.3 Å². The van der Waals surface area contributed by atoms with E-state index in [1.807, 2.05) is 0 Å². The Morgan fingerprint density at radius 2 is 1.88 bits per heavy atom. The van der Waals surface area contributed by atoms with Crippen molar-refractivity contribution in [1.29, 1.82) is 0 Å². The van der Waals surface area contributed by atoms with Crippen LogP contribution in [-0.2, 0) is 14.3 Å². The SMILES string of the molecule is CC(=O)OCCC/C(C)=C/CC/C(C)=C\C[C@@]1(C(C)C)CC[C@@H](C)O1. The lowest BCUT2D eigenvalue weighted by atomic mass is 9.83. The van der Waals surface area contributed by atoms with Crippen molar-refractivity contribution in [3.05, 3.63) is 23.3 Å². The fourth-order valence-electron chi connectivity index (χ4n) is 3.44. The molecular formula is C22H38O3. The van der Waals surface area contributed by atoms with Gasteiger partial charge in [-0.2, -0.15) is 0 Å². The van der Waals surface area contributed by atoms with Gasteiger partial charge in [0.15, 0.2) is 0 Å². The number of hydrogen-bond acceptors (Lipinski definition) is 3. The van der Waals surface area contributed by atoms with Crippen LogP contribution in [-0.4, -0.2) is 24.3 Å². The van der Waals surface area contributed by atoms with Gasteiger partial charge in [-0.25, -0.2) is 0 Å². The third kappa shape index (κ3) is 8.22. The number of carbonyl (C=O) groups excluding carboxylic acids is 1. The number of allylic oxidation sites excluding steroid dienone is 3. The predicted octanol–water partition coefficient (Wildman–Crippen LogP) is 5.99. The Balaban J connectivity index is 2.35. The Hall–Kier alpha value is -1.09. The fourth-order valence-corrected chi connectivity index (χ4v) is 3.44. The molecule has 1 aliphatic heterocycles. The Kier molecular flexibility index (Phi) is 9.48. The van der Waals surface area contributed by atoms with Crippen molar-refractivity contribution in [2.45, 2.75) is 98.2 Å². The molecule has 0 spiro atoms. The molecule has 2 atom stereocenters. The maximum atomic E-state index is 10.7. The summed E-state index contributed by atoms with van der Waals surface area (Å²) in [4.78, 5) is 10.7. The highest BCUT2D eigenvalue weighted by Crippen LogP contribution is 2.39. The molecule has 0 bridgehead atoms. The summed E-state index contributed by atoms with van der Waals surface area (Å²) in [6.07, 6.45) is 12.6. The summed E-state index contributed by atoms with van der Waals surface area (Å²) in [6, 6.07) is 0. The highest BCUT2D eigenvalue weighted by atomic mass is 16.5. The molecule has 0 aliphatic carbocycles. The first-order chi connectivity index (χ1) is 11.7. The highest BCUT2D eigenvalue weighted by molar-refractivity contribution is 5.65. The molecule has 0 aromatic carbocycles. The zero-order chi connectivity index (χ0) is 18.9. The van der Waals surface area contributed by atoms with Gasteiger partial charge in [-0.3, -0.25) is 4.79 Å². The molecule has 1 rings (SSSR count). The van der Waals surface area contributed by atoms with Gasteiger partial charge < -0.3 is 9.47 Å². The van der Waals surface area contributed by atoms with Crippen molar-refractivity contribution in [1.82, 2.24) is 0 Å². The van der Waals surface area contributed by atoms with Crippen LogP contribution in [0, 0.1) is 5.92 Å². The van der Waals surface area contributed by atoms with Gasteiger partial charge in [0.2, 0.25) is 0 Å². The van der Waals surface area contributed by atoms with Crippen LogP contribution in [0.1, 0.15) is 86.5 Å². The molecule has 0 radical (unpaired) electrons. The van der Waals surface area contributed by atoms with Gasteiger partial charge in [0.1, 0.15) is 0 Å². The first kappa shape index (κ1) is 22.0. The Bertz CT molecular complexity index is 476. The first-order valence-corrected chi connectivity index (χ1v) is 9.87. The minimum atomic E-state index is -0.192. The van der Waals surface area contributed by atoms with E-state index in [-0.39, 0.29) is 11.6 Å². The Labute approximate surface area is 154 Å². The van der Waals surface area contributed by atoms with Crippen molar-refractivity contribution in [2.75, 3.05) is 6.61 Å². The molecular weight excluding hydrogens is 312 g/mol. The smallest absolute Gasteiger partial charge is 0.302 e. The zero-order valence-electron chi connectivity index (χ0n) is 17.2. The summed E-state index contributed by atoms with van der Waals surface area (Å²) >= 11 is 0. The van der Waals surface area contributed by atoms with Crippen LogP contribution >= 0.6 is 0 Å². The molecule has 0 aromatic heterocycles. The molecule has 0 saturated carbocycles. The van der Waals surface area contributed by atoms with E-state index in [2.05, 4.69) is 46.8 Å². The maximum absolute atomic E-state index is 10.7. The van der Waals surface area contributed by atoms with Gasteiger partial charge in [0, 0.05) is 6.92 Å². The second kappa shape index (κ2) is 10.8. The van der Waals surface area contributed by atoms with E-state index >= 15 is 0 Å². The molecule has 144 valence electrons. The minimum Gasteiger partial charge on any atom is -0.466 e. The molecule has 1 saturated heterocycles. The van der Waals surface area contributed by atoms with Gasteiger partial charge in [0.05, 0.1) is 18.3 Å². The van der Waals surface area contributed by atoms with E-state index in [0.29, 0.717) is 18.6 Å². The van der Waals surface area contributed by atoms with Crippen molar-refractivity contribution >= 4 is 5.97 Å². The van der Waals surface area contributed by atoms with Crippen LogP contribution in [0.3, 0.4) is 0 Å². The van der Waals surface area contributed by atoms with Crippen LogP contribution in [0.25, 0.3) is 0 Å². The standard InChI is InChI=1S/C22H38O3/c1-17(2)22(15-13-20(5)25-22)14-12-19(4)10-7-9-18(3)11-8-16-24-21(6)23/h9,12,17,20H,7-8,10-11,13-16H2,1-6H3/b18-9+,19-12-/t20-,22+/m1/s1. The quantitative estimate of drug-likeness (QED) is 0.276. The van der Waals surface area contributed by atoms with Crippen molar-refractivity contribution in [3.63, 3.8) is 0 Å².